The van der Waals surface area contributed by atoms with Crippen molar-refractivity contribution in [1.82, 2.24) is 25.4 Å². The lowest BCUT2D eigenvalue weighted by atomic mass is 10.0. The molecule has 2 N–H and O–H groups in total. The summed E-state index contributed by atoms with van der Waals surface area (Å²) >= 11 is 1.45. The Hall–Kier alpha value is -3.65. The molecule has 0 fully saturated rings. The number of fused-ring (bicyclic) bond motifs is 1. The van der Waals surface area contributed by atoms with Crippen molar-refractivity contribution in [1.29, 1.82) is 0 Å². The van der Waals surface area contributed by atoms with Crippen LogP contribution in [0.1, 0.15) is 28.9 Å². The van der Waals surface area contributed by atoms with Gasteiger partial charge in [0.05, 0.1) is 5.69 Å². The average molecular weight is 474 g/mol. The molecule has 8 heteroatoms. The Kier molecular flexibility index (Phi) is 7.27. The van der Waals surface area contributed by atoms with Crippen LogP contribution in [0.5, 0.6) is 0 Å². The minimum atomic E-state index is -0.508. The Labute approximate surface area is 203 Å². The molecule has 3 aromatic carbocycles. The van der Waals surface area contributed by atoms with Crippen LogP contribution in [0.3, 0.4) is 0 Å². The largest absolute Gasteiger partial charge is 0.341 e. The van der Waals surface area contributed by atoms with Crippen molar-refractivity contribution < 1.29 is 9.59 Å². The van der Waals surface area contributed by atoms with E-state index < -0.39 is 6.03 Å². The fourth-order valence-corrected chi connectivity index (χ4v) is 4.81. The molecule has 0 aliphatic rings. The second kappa shape index (κ2) is 10.5. The van der Waals surface area contributed by atoms with E-state index in [4.69, 9.17) is 0 Å². The number of thioether (sulfide) groups is 1. The van der Waals surface area contributed by atoms with Crippen molar-refractivity contribution in [3.63, 3.8) is 0 Å². The van der Waals surface area contributed by atoms with Crippen LogP contribution in [0.25, 0.3) is 16.5 Å². The molecular formula is C26H27N5O2S. The van der Waals surface area contributed by atoms with Crippen molar-refractivity contribution in [2.45, 2.75) is 31.8 Å². The number of hydrogen-bond acceptors (Lipinski definition) is 5. The fraction of sp³-hybridized carbons (Fsp3) is 0.231. The number of nitrogens with zero attached hydrogens (tertiary/aromatic N) is 3. The van der Waals surface area contributed by atoms with E-state index in [0.717, 1.165) is 22.2 Å². The minimum absolute atomic E-state index is 0.191. The van der Waals surface area contributed by atoms with E-state index in [0.29, 0.717) is 12.2 Å². The third-order valence-electron chi connectivity index (χ3n) is 5.56. The molecule has 7 nitrogen and oxygen atoms in total. The van der Waals surface area contributed by atoms with E-state index in [1.165, 1.54) is 40.7 Å². The Balaban J connectivity index is 1.65. The highest BCUT2D eigenvalue weighted by Gasteiger charge is 2.18. The van der Waals surface area contributed by atoms with Gasteiger partial charge in [-0.25, -0.2) is 4.79 Å². The Bertz CT molecular complexity index is 1340. The number of nitrogens with one attached hydrogen (secondary N) is 2. The predicted molar refractivity (Wildman–Crippen MR) is 136 cm³/mol. The van der Waals surface area contributed by atoms with Gasteiger partial charge in [0.2, 0.25) is 5.91 Å². The van der Waals surface area contributed by atoms with Gasteiger partial charge in [0.1, 0.15) is 5.82 Å². The number of aryl methyl sites for hydroxylation is 2. The highest BCUT2D eigenvalue weighted by molar-refractivity contribution is 7.99. The molecule has 0 saturated heterocycles. The first-order valence-corrected chi connectivity index (χ1v) is 12.1. The maximum atomic E-state index is 12.0. The number of carbonyl (C=O) groups excluding carboxylic acids is 2. The number of imide groups is 1. The van der Waals surface area contributed by atoms with Gasteiger partial charge in [-0.1, -0.05) is 71.9 Å². The van der Waals surface area contributed by atoms with Gasteiger partial charge < -0.3 is 5.32 Å². The van der Waals surface area contributed by atoms with Gasteiger partial charge in [-0.05, 0) is 41.8 Å². The molecule has 0 aliphatic heterocycles. The lowest BCUT2D eigenvalue weighted by Gasteiger charge is -2.14. The molecule has 34 heavy (non-hydrogen) atoms. The molecule has 0 unspecified atom stereocenters. The Morgan fingerprint density at radius 2 is 1.79 bits per heavy atom. The molecule has 0 saturated carbocycles. The topological polar surface area (TPSA) is 88.9 Å². The first-order valence-electron chi connectivity index (χ1n) is 11.1. The Morgan fingerprint density at radius 1 is 1.00 bits per heavy atom. The molecule has 0 bridgehead atoms. The van der Waals surface area contributed by atoms with Gasteiger partial charge in [0.25, 0.3) is 0 Å². The lowest BCUT2D eigenvalue weighted by molar-refractivity contribution is -0.119. The van der Waals surface area contributed by atoms with Crippen LogP contribution >= 0.6 is 11.8 Å². The molecule has 1 heterocycles. The molecule has 0 spiro atoms. The summed E-state index contributed by atoms with van der Waals surface area (Å²) in [6.45, 7) is 4.15. The number of carbonyl (C=O) groups is 2. The van der Waals surface area contributed by atoms with Crippen LogP contribution in [-0.4, -0.2) is 39.5 Å². The van der Waals surface area contributed by atoms with Crippen LogP contribution in [0, 0.1) is 13.8 Å². The summed E-state index contributed by atoms with van der Waals surface area (Å²) in [5.41, 5.74) is 4.50. The summed E-state index contributed by atoms with van der Waals surface area (Å²) < 4.78 is 2.08. The van der Waals surface area contributed by atoms with Gasteiger partial charge in [0.15, 0.2) is 5.16 Å². The average Bonchev–Trinajstić information content (AvgIpc) is 3.21. The quantitative estimate of drug-likeness (QED) is 0.384. The molecule has 3 amide bonds. The molecule has 0 atom stereocenters. The summed E-state index contributed by atoms with van der Waals surface area (Å²) in [4.78, 5) is 23.3. The van der Waals surface area contributed by atoms with Crippen molar-refractivity contribution >= 4 is 34.5 Å². The van der Waals surface area contributed by atoms with E-state index in [1.807, 2.05) is 12.1 Å². The van der Waals surface area contributed by atoms with Crippen molar-refractivity contribution in [3.05, 3.63) is 83.2 Å². The van der Waals surface area contributed by atoms with Gasteiger partial charge >= 0.3 is 6.03 Å². The van der Waals surface area contributed by atoms with E-state index in [-0.39, 0.29) is 12.3 Å². The van der Waals surface area contributed by atoms with E-state index in [2.05, 4.69) is 87.8 Å². The van der Waals surface area contributed by atoms with Crippen LogP contribution in [0.15, 0.2) is 65.8 Å². The van der Waals surface area contributed by atoms with Crippen LogP contribution in [0.4, 0.5) is 4.79 Å². The zero-order valence-corrected chi connectivity index (χ0v) is 20.3. The van der Waals surface area contributed by atoms with E-state index >= 15 is 0 Å². The van der Waals surface area contributed by atoms with Crippen molar-refractivity contribution in [2.24, 2.45) is 0 Å². The van der Waals surface area contributed by atoms with E-state index in [9.17, 15) is 9.59 Å². The predicted octanol–water partition coefficient (Wildman–Crippen LogP) is 4.57. The van der Waals surface area contributed by atoms with Crippen LogP contribution in [-0.2, 0) is 11.2 Å². The summed E-state index contributed by atoms with van der Waals surface area (Å²) in [6.07, 6.45) is 0.815. The van der Waals surface area contributed by atoms with Gasteiger partial charge in [-0.3, -0.25) is 14.7 Å². The normalized spacial score (nSPS) is 10.9. The number of rotatable bonds is 7. The van der Waals surface area contributed by atoms with Crippen LogP contribution < -0.4 is 10.6 Å². The fourth-order valence-electron chi connectivity index (χ4n) is 3.91. The second-order valence-corrected chi connectivity index (χ2v) is 9.13. The highest BCUT2D eigenvalue weighted by Crippen LogP contribution is 2.28. The van der Waals surface area contributed by atoms with Crippen LogP contribution in [0.2, 0.25) is 0 Å². The maximum absolute atomic E-state index is 12.0. The maximum Gasteiger partial charge on any atom is 0.321 e. The number of hydrogen-bond donors (Lipinski definition) is 2. The standard InChI is InChI=1S/C26H27N5O2S/c1-17-11-12-22(18(2)15-17)31-23(16-20-9-6-8-19-7-4-5-10-21(19)20)29-30-26(31)34-14-13-24(32)28-25(33)27-3/h4-12,15H,13-14,16H2,1-3H3,(H2,27,28,32,33). The molecule has 4 rings (SSSR count). The molecular weight excluding hydrogens is 446 g/mol. The summed E-state index contributed by atoms with van der Waals surface area (Å²) in [5, 5.41) is 16.8. The monoisotopic (exact) mass is 473 g/mol. The first kappa shape index (κ1) is 23.5. The number of benzene rings is 3. The first-order chi connectivity index (χ1) is 16.5. The van der Waals surface area contributed by atoms with Gasteiger partial charge in [-0.15, -0.1) is 10.2 Å². The summed E-state index contributed by atoms with van der Waals surface area (Å²) in [7, 11) is 1.47. The highest BCUT2D eigenvalue weighted by atomic mass is 32.2. The Morgan fingerprint density at radius 3 is 2.59 bits per heavy atom. The summed E-state index contributed by atoms with van der Waals surface area (Å²) in [5.74, 6) is 0.973. The van der Waals surface area contributed by atoms with Gasteiger partial charge in [-0.2, -0.15) is 0 Å². The minimum Gasteiger partial charge on any atom is -0.341 e. The number of amides is 3. The zero-order valence-electron chi connectivity index (χ0n) is 19.5. The lowest BCUT2D eigenvalue weighted by Crippen LogP contribution is -2.37. The number of aromatic nitrogens is 3. The third-order valence-corrected chi connectivity index (χ3v) is 6.49. The second-order valence-electron chi connectivity index (χ2n) is 8.06. The van der Waals surface area contributed by atoms with Crippen molar-refractivity contribution in [2.75, 3.05) is 12.8 Å². The molecule has 1 aromatic heterocycles. The molecule has 174 valence electrons. The SMILES string of the molecule is CNC(=O)NC(=O)CCSc1nnc(Cc2cccc3ccccc23)n1-c1ccc(C)cc1C. The number of urea groups is 1. The molecule has 0 radical (unpaired) electrons. The zero-order chi connectivity index (χ0) is 24.1. The smallest absolute Gasteiger partial charge is 0.321 e. The summed E-state index contributed by atoms with van der Waals surface area (Å²) in [6, 6.07) is 20.4. The van der Waals surface area contributed by atoms with E-state index in [1.54, 1.807) is 0 Å². The van der Waals surface area contributed by atoms with Gasteiger partial charge in [0, 0.05) is 25.6 Å². The van der Waals surface area contributed by atoms with Crippen molar-refractivity contribution in [3.8, 4) is 5.69 Å². The molecule has 4 aromatic rings. The third kappa shape index (κ3) is 5.28. The molecule has 0 aliphatic carbocycles.